The molecule has 1 heterocycles. The Morgan fingerprint density at radius 2 is 2.00 bits per heavy atom. The molecular formula is C15H11BrClNS. The second-order valence-electron chi connectivity index (χ2n) is 4.34. The first-order chi connectivity index (χ1) is 9.16. The molecule has 96 valence electrons. The van der Waals surface area contributed by atoms with Gasteiger partial charge in [0.25, 0.3) is 0 Å². The van der Waals surface area contributed by atoms with Crippen molar-refractivity contribution < 1.29 is 0 Å². The Labute approximate surface area is 129 Å². The third-order valence-corrected chi connectivity index (χ3v) is 5.36. The van der Waals surface area contributed by atoms with Crippen LogP contribution in [-0.4, -0.2) is 0 Å². The predicted octanol–water partition coefficient (Wildman–Crippen LogP) is 5.37. The first kappa shape index (κ1) is 13.1. The monoisotopic (exact) mass is 351 g/mol. The van der Waals surface area contributed by atoms with E-state index in [-0.39, 0.29) is 6.04 Å². The Morgan fingerprint density at radius 3 is 2.79 bits per heavy atom. The normalized spacial score (nSPS) is 12.8. The molecule has 2 N–H and O–H groups in total. The van der Waals surface area contributed by atoms with E-state index in [1.807, 2.05) is 24.3 Å². The SMILES string of the molecule is NC(c1ccc(Br)c(Cl)c1)c1cccc2ccsc12. The first-order valence-electron chi connectivity index (χ1n) is 5.83. The molecule has 4 heteroatoms. The van der Waals surface area contributed by atoms with Gasteiger partial charge in [0.15, 0.2) is 0 Å². The molecule has 0 spiro atoms. The summed E-state index contributed by atoms with van der Waals surface area (Å²) in [4.78, 5) is 0. The molecule has 1 aromatic heterocycles. The van der Waals surface area contributed by atoms with Gasteiger partial charge in [0, 0.05) is 9.17 Å². The van der Waals surface area contributed by atoms with Crippen molar-refractivity contribution in [1.29, 1.82) is 0 Å². The highest BCUT2D eigenvalue weighted by molar-refractivity contribution is 9.10. The van der Waals surface area contributed by atoms with Gasteiger partial charge in [-0.3, -0.25) is 0 Å². The fourth-order valence-corrected chi connectivity index (χ4v) is 3.54. The fourth-order valence-electron chi connectivity index (χ4n) is 2.15. The third-order valence-electron chi connectivity index (χ3n) is 3.15. The number of hydrogen-bond acceptors (Lipinski definition) is 2. The Kier molecular flexibility index (Phi) is 3.63. The van der Waals surface area contributed by atoms with Gasteiger partial charge in [-0.2, -0.15) is 0 Å². The summed E-state index contributed by atoms with van der Waals surface area (Å²) in [6.07, 6.45) is 0. The summed E-state index contributed by atoms with van der Waals surface area (Å²) < 4.78 is 2.13. The lowest BCUT2D eigenvalue weighted by Crippen LogP contribution is -2.11. The van der Waals surface area contributed by atoms with Crippen molar-refractivity contribution in [1.82, 2.24) is 0 Å². The van der Waals surface area contributed by atoms with Gasteiger partial charge < -0.3 is 5.73 Å². The molecule has 0 aliphatic rings. The molecule has 3 aromatic rings. The maximum absolute atomic E-state index is 6.39. The molecule has 0 saturated heterocycles. The molecule has 0 aliphatic heterocycles. The van der Waals surface area contributed by atoms with Crippen molar-refractivity contribution in [3.05, 3.63) is 68.5 Å². The van der Waals surface area contributed by atoms with Crippen molar-refractivity contribution in [2.45, 2.75) is 6.04 Å². The second-order valence-corrected chi connectivity index (χ2v) is 6.52. The molecule has 19 heavy (non-hydrogen) atoms. The average molecular weight is 353 g/mol. The average Bonchev–Trinajstić information content (AvgIpc) is 2.89. The van der Waals surface area contributed by atoms with Gasteiger partial charge >= 0.3 is 0 Å². The minimum absolute atomic E-state index is 0.159. The summed E-state index contributed by atoms with van der Waals surface area (Å²) >= 11 is 11.3. The van der Waals surface area contributed by atoms with Crippen LogP contribution in [0.1, 0.15) is 17.2 Å². The Bertz CT molecular complexity index is 738. The largest absolute Gasteiger partial charge is 0.320 e. The minimum Gasteiger partial charge on any atom is -0.320 e. The molecule has 1 atom stereocenters. The number of thiophene rings is 1. The highest BCUT2D eigenvalue weighted by atomic mass is 79.9. The topological polar surface area (TPSA) is 26.0 Å². The molecule has 0 saturated carbocycles. The van der Waals surface area contributed by atoms with Crippen LogP contribution in [-0.2, 0) is 0 Å². The molecule has 0 bridgehead atoms. The summed E-state index contributed by atoms with van der Waals surface area (Å²) in [7, 11) is 0. The lowest BCUT2D eigenvalue weighted by molar-refractivity contribution is 0.882. The van der Waals surface area contributed by atoms with Gasteiger partial charge in [-0.15, -0.1) is 11.3 Å². The van der Waals surface area contributed by atoms with E-state index in [9.17, 15) is 0 Å². The predicted molar refractivity (Wildman–Crippen MR) is 87.0 cm³/mol. The van der Waals surface area contributed by atoms with Crippen molar-refractivity contribution in [2.24, 2.45) is 5.73 Å². The van der Waals surface area contributed by atoms with Gasteiger partial charge in [-0.1, -0.05) is 35.9 Å². The standard InChI is InChI=1S/C15H11BrClNS/c16-12-5-4-10(8-13(12)17)14(18)11-3-1-2-9-6-7-19-15(9)11/h1-8,14H,18H2. The van der Waals surface area contributed by atoms with Crippen LogP contribution < -0.4 is 5.73 Å². The summed E-state index contributed by atoms with van der Waals surface area (Å²) in [6.45, 7) is 0. The fraction of sp³-hybridized carbons (Fsp3) is 0.0667. The minimum atomic E-state index is -0.159. The molecule has 1 nitrogen and oxygen atoms in total. The van der Waals surface area contributed by atoms with Crippen LogP contribution >= 0.6 is 38.9 Å². The molecular weight excluding hydrogens is 342 g/mol. The van der Waals surface area contributed by atoms with E-state index in [2.05, 4.69) is 39.5 Å². The molecule has 0 amide bonds. The molecule has 3 rings (SSSR count). The second kappa shape index (κ2) is 5.25. The number of nitrogens with two attached hydrogens (primary N) is 1. The lowest BCUT2D eigenvalue weighted by Gasteiger charge is -2.14. The van der Waals surface area contributed by atoms with Crippen LogP contribution in [0.4, 0.5) is 0 Å². The summed E-state index contributed by atoms with van der Waals surface area (Å²) in [6, 6.07) is 14.1. The van der Waals surface area contributed by atoms with E-state index in [1.165, 1.54) is 10.1 Å². The van der Waals surface area contributed by atoms with Gasteiger partial charge in [-0.05, 0) is 56.0 Å². The van der Waals surface area contributed by atoms with Gasteiger partial charge in [0.1, 0.15) is 0 Å². The molecule has 0 aliphatic carbocycles. The summed E-state index contributed by atoms with van der Waals surface area (Å²) in [5.41, 5.74) is 8.56. The van der Waals surface area contributed by atoms with Crippen LogP contribution in [0.2, 0.25) is 5.02 Å². The smallest absolute Gasteiger partial charge is 0.0566 e. The number of rotatable bonds is 2. The number of benzene rings is 2. The Balaban J connectivity index is 2.10. The number of hydrogen-bond donors (Lipinski definition) is 1. The summed E-state index contributed by atoms with van der Waals surface area (Å²) in [5.74, 6) is 0. The summed E-state index contributed by atoms with van der Waals surface area (Å²) in [5, 5.41) is 4.02. The maximum atomic E-state index is 6.39. The molecule has 0 fully saturated rings. The van der Waals surface area contributed by atoms with Gasteiger partial charge in [0.2, 0.25) is 0 Å². The van der Waals surface area contributed by atoms with E-state index < -0.39 is 0 Å². The lowest BCUT2D eigenvalue weighted by atomic mass is 9.99. The van der Waals surface area contributed by atoms with E-state index in [1.54, 1.807) is 11.3 Å². The molecule has 2 aromatic carbocycles. The number of halogens is 2. The quantitative estimate of drug-likeness (QED) is 0.659. The first-order valence-corrected chi connectivity index (χ1v) is 7.88. The van der Waals surface area contributed by atoms with Crippen molar-refractivity contribution >= 4 is 49.0 Å². The van der Waals surface area contributed by atoms with E-state index in [4.69, 9.17) is 17.3 Å². The van der Waals surface area contributed by atoms with E-state index >= 15 is 0 Å². The Morgan fingerprint density at radius 1 is 1.16 bits per heavy atom. The van der Waals surface area contributed by atoms with E-state index in [0.717, 1.165) is 15.6 Å². The van der Waals surface area contributed by atoms with Crippen molar-refractivity contribution in [3.63, 3.8) is 0 Å². The van der Waals surface area contributed by atoms with Gasteiger partial charge in [-0.25, -0.2) is 0 Å². The van der Waals surface area contributed by atoms with E-state index in [0.29, 0.717) is 5.02 Å². The zero-order chi connectivity index (χ0) is 13.4. The maximum Gasteiger partial charge on any atom is 0.0566 e. The zero-order valence-corrected chi connectivity index (χ0v) is 13.1. The Hall–Kier alpha value is -0.870. The zero-order valence-electron chi connectivity index (χ0n) is 9.94. The molecule has 0 radical (unpaired) electrons. The number of fused-ring (bicyclic) bond motifs is 1. The van der Waals surface area contributed by atoms with Crippen LogP contribution in [0.15, 0.2) is 52.3 Å². The molecule has 1 unspecified atom stereocenters. The van der Waals surface area contributed by atoms with Crippen molar-refractivity contribution in [2.75, 3.05) is 0 Å². The van der Waals surface area contributed by atoms with Crippen LogP contribution in [0.5, 0.6) is 0 Å². The highest BCUT2D eigenvalue weighted by Gasteiger charge is 2.13. The highest BCUT2D eigenvalue weighted by Crippen LogP contribution is 2.33. The third kappa shape index (κ3) is 2.43. The van der Waals surface area contributed by atoms with Crippen molar-refractivity contribution in [3.8, 4) is 0 Å². The van der Waals surface area contributed by atoms with Crippen LogP contribution in [0.25, 0.3) is 10.1 Å². The van der Waals surface area contributed by atoms with Crippen LogP contribution in [0.3, 0.4) is 0 Å². The van der Waals surface area contributed by atoms with Gasteiger partial charge in [0.05, 0.1) is 11.1 Å². The van der Waals surface area contributed by atoms with Crippen LogP contribution in [0, 0.1) is 0 Å².